The molecule has 0 aliphatic heterocycles. The molecule has 0 saturated carbocycles. The van der Waals surface area contributed by atoms with Crippen LogP contribution in [0.2, 0.25) is 0 Å². The fourth-order valence-corrected chi connectivity index (χ4v) is 3.86. The van der Waals surface area contributed by atoms with Crippen LogP contribution in [0.4, 0.5) is 0 Å². The Morgan fingerprint density at radius 1 is 0.906 bits per heavy atom. The molecule has 0 atom stereocenters. The van der Waals surface area contributed by atoms with Crippen molar-refractivity contribution in [3.63, 3.8) is 0 Å². The van der Waals surface area contributed by atoms with Crippen molar-refractivity contribution in [1.29, 1.82) is 0 Å². The Morgan fingerprint density at radius 3 is 2.41 bits per heavy atom. The van der Waals surface area contributed by atoms with E-state index in [9.17, 15) is 4.79 Å². The lowest BCUT2D eigenvalue weighted by Gasteiger charge is -2.16. The average Bonchev–Trinajstić information content (AvgIpc) is 3.35. The predicted molar refractivity (Wildman–Crippen MR) is 124 cm³/mol. The second kappa shape index (κ2) is 8.19. The van der Waals surface area contributed by atoms with Gasteiger partial charge in [-0.15, -0.1) is 0 Å². The first-order valence-electron chi connectivity index (χ1n) is 10.4. The lowest BCUT2D eigenvalue weighted by Crippen LogP contribution is -2.03. The standard InChI is InChI=1S/C27H21NO4/c1-17-8-10-19(11-9-17)16-30-26-18(2)27-22(14-23(26)24-12-13-28-32-24)21(15-25(29)31-27)20-6-4-3-5-7-20/h3-15H,16H2,1-2H3. The van der Waals surface area contributed by atoms with Gasteiger partial charge >= 0.3 is 5.63 Å². The van der Waals surface area contributed by atoms with Crippen LogP contribution in [0, 0.1) is 13.8 Å². The van der Waals surface area contributed by atoms with E-state index in [1.165, 1.54) is 11.6 Å². The minimum atomic E-state index is -0.406. The van der Waals surface area contributed by atoms with Gasteiger partial charge in [0.1, 0.15) is 17.9 Å². The zero-order valence-corrected chi connectivity index (χ0v) is 17.8. The normalized spacial score (nSPS) is 11.1. The molecule has 0 fully saturated rings. The van der Waals surface area contributed by atoms with Crippen molar-refractivity contribution in [2.75, 3.05) is 0 Å². The largest absolute Gasteiger partial charge is 0.488 e. The monoisotopic (exact) mass is 423 g/mol. The quantitative estimate of drug-likeness (QED) is 0.310. The number of aromatic nitrogens is 1. The van der Waals surface area contributed by atoms with Crippen molar-refractivity contribution in [1.82, 2.24) is 5.16 Å². The van der Waals surface area contributed by atoms with Crippen molar-refractivity contribution >= 4 is 11.0 Å². The molecule has 0 bridgehead atoms. The topological polar surface area (TPSA) is 65.5 Å². The zero-order valence-electron chi connectivity index (χ0n) is 17.8. The molecule has 0 saturated heterocycles. The predicted octanol–water partition coefficient (Wildman–Crippen LogP) is 6.31. The van der Waals surface area contributed by atoms with Crippen LogP contribution in [0.3, 0.4) is 0 Å². The van der Waals surface area contributed by atoms with Crippen LogP contribution in [0.1, 0.15) is 16.7 Å². The molecule has 0 radical (unpaired) electrons. The molecule has 2 heterocycles. The van der Waals surface area contributed by atoms with Crippen molar-refractivity contribution in [3.05, 3.63) is 106 Å². The lowest BCUT2D eigenvalue weighted by molar-refractivity contribution is 0.304. The smallest absolute Gasteiger partial charge is 0.336 e. The summed E-state index contributed by atoms with van der Waals surface area (Å²) in [7, 11) is 0. The molecule has 0 unspecified atom stereocenters. The molecule has 5 nitrogen and oxygen atoms in total. The molecular formula is C27H21NO4. The zero-order chi connectivity index (χ0) is 22.1. The molecular weight excluding hydrogens is 402 g/mol. The number of ether oxygens (including phenoxy) is 1. The summed E-state index contributed by atoms with van der Waals surface area (Å²) >= 11 is 0. The van der Waals surface area contributed by atoms with E-state index in [0.29, 0.717) is 23.7 Å². The molecule has 0 amide bonds. The van der Waals surface area contributed by atoms with Crippen LogP contribution in [-0.2, 0) is 6.61 Å². The molecule has 0 aliphatic rings. The third kappa shape index (κ3) is 3.69. The Labute approximate surface area is 184 Å². The van der Waals surface area contributed by atoms with Gasteiger partial charge in [0, 0.05) is 23.1 Å². The Bertz CT molecular complexity index is 1430. The summed E-state index contributed by atoms with van der Waals surface area (Å²) in [6.07, 6.45) is 1.60. The summed E-state index contributed by atoms with van der Waals surface area (Å²) in [6.45, 7) is 4.31. The molecule has 0 aliphatic carbocycles. The summed E-state index contributed by atoms with van der Waals surface area (Å²) in [5, 5.41) is 4.68. The second-order valence-electron chi connectivity index (χ2n) is 7.75. The highest BCUT2D eigenvalue weighted by Gasteiger charge is 2.20. The molecule has 3 aromatic carbocycles. The van der Waals surface area contributed by atoms with Crippen molar-refractivity contribution < 1.29 is 13.7 Å². The fraction of sp³-hybridized carbons (Fsp3) is 0.111. The van der Waals surface area contributed by atoms with Crippen molar-refractivity contribution in [2.24, 2.45) is 0 Å². The van der Waals surface area contributed by atoms with Gasteiger partial charge in [0.05, 0.1) is 11.8 Å². The number of rotatable bonds is 5. The van der Waals surface area contributed by atoms with Crippen LogP contribution in [0.5, 0.6) is 5.75 Å². The van der Waals surface area contributed by atoms with Crippen molar-refractivity contribution in [2.45, 2.75) is 20.5 Å². The van der Waals surface area contributed by atoms with E-state index in [-0.39, 0.29) is 0 Å². The first kappa shape index (κ1) is 19.8. The van der Waals surface area contributed by atoms with E-state index in [0.717, 1.165) is 33.2 Å². The number of aryl methyl sites for hydroxylation is 2. The summed E-state index contributed by atoms with van der Waals surface area (Å²) < 4.78 is 17.4. The molecule has 5 rings (SSSR count). The maximum atomic E-state index is 12.4. The number of hydrogen-bond acceptors (Lipinski definition) is 5. The molecule has 0 spiro atoms. The Hall–Kier alpha value is -4.12. The van der Waals surface area contributed by atoms with Gasteiger partial charge in [-0.2, -0.15) is 0 Å². The molecule has 5 aromatic rings. The van der Waals surface area contributed by atoms with Gasteiger partial charge < -0.3 is 13.7 Å². The van der Waals surface area contributed by atoms with Gasteiger partial charge in [-0.25, -0.2) is 4.79 Å². The van der Waals surface area contributed by atoms with Gasteiger partial charge in [-0.1, -0.05) is 65.3 Å². The van der Waals surface area contributed by atoms with Crippen LogP contribution in [-0.4, -0.2) is 5.16 Å². The second-order valence-corrected chi connectivity index (χ2v) is 7.75. The Kier molecular flexibility index (Phi) is 5.07. The first-order valence-corrected chi connectivity index (χ1v) is 10.4. The number of nitrogens with zero attached hydrogens (tertiary/aromatic N) is 1. The van der Waals surface area contributed by atoms with Crippen LogP contribution >= 0.6 is 0 Å². The SMILES string of the molecule is Cc1ccc(COc2c(-c3ccno3)cc3c(-c4ccccc4)cc(=O)oc3c2C)cc1. The third-order valence-corrected chi connectivity index (χ3v) is 5.51. The van der Waals surface area contributed by atoms with Gasteiger partial charge in [-0.3, -0.25) is 0 Å². The molecule has 158 valence electrons. The molecule has 5 heteroatoms. The summed E-state index contributed by atoms with van der Waals surface area (Å²) in [5.74, 6) is 1.18. The number of hydrogen-bond donors (Lipinski definition) is 0. The fourth-order valence-electron chi connectivity index (χ4n) is 3.86. The van der Waals surface area contributed by atoms with Gasteiger partial charge in [0.25, 0.3) is 0 Å². The van der Waals surface area contributed by atoms with Crippen LogP contribution < -0.4 is 10.4 Å². The lowest BCUT2D eigenvalue weighted by atomic mass is 9.96. The highest BCUT2D eigenvalue weighted by molar-refractivity contribution is 5.99. The van der Waals surface area contributed by atoms with Crippen LogP contribution in [0.25, 0.3) is 33.4 Å². The maximum Gasteiger partial charge on any atom is 0.336 e. The summed E-state index contributed by atoms with van der Waals surface area (Å²) in [6, 6.07) is 23.2. The Morgan fingerprint density at radius 2 is 1.69 bits per heavy atom. The van der Waals surface area contributed by atoms with E-state index >= 15 is 0 Å². The van der Waals surface area contributed by atoms with E-state index in [1.807, 2.05) is 62.4 Å². The Balaban J connectivity index is 1.71. The molecule has 0 N–H and O–H groups in total. The highest BCUT2D eigenvalue weighted by Crippen LogP contribution is 2.41. The maximum absolute atomic E-state index is 12.4. The van der Waals surface area contributed by atoms with E-state index < -0.39 is 5.63 Å². The average molecular weight is 423 g/mol. The minimum absolute atomic E-state index is 0.371. The van der Waals surface area contributed by atoms with Gasteiger partial charge in [0.2, 0.25) is 0 Å². The van der Waals surface area contributed by atoms with Crippen molar-refractivity contribution in [3.8, 4) is 28.2 Å². The number of benzene rings is 3. The molecule has 2 aromatic heterocycles. The third-order valence-electron chi connectivity index (χ3n) is 5.51. The summed E-state index contributed by atoms with van der Waals surface area (Å²) in [4.78, 5) is 12.4. The summed E-state index contributed by atoms with van der Waals surface area (Å²) in [5.41, 5.74) is 5.54. The van der Waals surface area contributed by atoms with Gasteiger partial charge in [0.15, 0.2) is 5.76 Å². The van der Waals surface area contributed by atoms with E-state index in [2.05, 4.69) is 17.3 Å². The first-order chi connectivity index (χ1) is 15.6. The van der Waals surface area contributed by atoms with E-state index in [1.54, 1.807) is 12.3 Å². The minimum Gasteiger partial charge on any atom is -0.488 e. The highest BCUT2D eigenvalue weighted by atomic mass is 16.5. The van der Waals surface area contributed by atoms with Gasteiger partial charge in [-0.05, 0) is 36.6 Å². The molecule has 32 heavy (non-hydrogen) atoms. The van der Waals surface area contributed by atoms with Crippen LogP contribution in [0.15, 0.2) is 92.7 Å². The van der Waals surface area contributed by atoms with E-state index in [4.69, 9.17) is 13.7 Å². The number of fused-ring (bicyclic) bond motifs is 1.